The van der Waals surface area contributed by atoms with Gasteiger partial charge in [0.2, 0.25) is 11.8 Å². The molecule has 2 aromatic rings. The number of fused-ring (bicyclic) bond motifs is 1. The highest BCUT2D eigenvalue weighted by Gasteiger charge is 2.35. The van der Waals surface area contributed by atoms with E-state index in [0.29, 0.717) is 0 Å². The minimum absolute atomic E-state index is 0.118. The molecule has 1 aliphatic carbocycles. The van der Waals surface area contributed by atoms with Crippen LogP contribution in [0.5, 0.6) is 0 Å². The summed E-state index contributed by atoms with van der Waals surface area (Å²) in [5, 5.41) is 28.4. The van der Waals surface area contributed by atoms with Gasteiger partial charge in [-0.15, -0.1) is 0 Å². The molecule has 0 saturated heterocycles. The molecule has 10 heteroatoms. The molecule has 0 aliphatic heterocycles. The number of H-pyrrole nitrogens is 1. The van der Waals surface area contributed by atoms with Crippen molar-refractivity contribution in [2.45, 2.75) is 50.1 Å². The molecule has 1 heterocycles. The van der Waals surface area contributed by atoms with Crippen LogP contribution in [0.2, 0.25) is 0 Å². The maximum Gasteiger partial charge on any atom is 0.278 e. The maximum atomic E-state index is 12.9. The fourth-order valence-electron chi connectivity index (χ4n) is 3.71. The number of benzene rings is 1. The molecule has 1 aromatic carbocycles. The molecular weight excluding hydrogens is 414 g/mol. The van der Waals surface area contributed by atoms with E-state index in [1.807, 2.05) is 24.3 Å². The molecular formula is C22H30N5O5+. The van der Waals surface area contributed by atoms with Gasteiger partial charge in [0.25, 0.3) is 5.91 Å². The summed E-state index contributed by atoms with van der Waals surface area (Å²) in [5.41, 5.74) is 7.42. The maximum absolute atomic E-state index is 12.9. The lowest BCUT2D eigenvalue weighted by molar-refractivity contribution is -0.646. The monoisotopic (exact) mass is 444 g/mol. The Labute approximate surface area is 185 Å². The van der Waals surface area contributed by atoms with Crippen molar-refractivity contribution >= 4 is 28.6 Å². The molecule has 0 unspecified atom stereocenters. The Morgan fingerprint density at radius 1 is 1.28 bits per heavy atom. The lowest BCUT2D eigenvalue weighted by Gasteiger charge is -2.31. The number of aliphatic hydroxyl groups excluding tert-OH is 2. The summed E-state index contributed by atoms with van der Waals surface area (Å²) in [6, 6.07) is 5.26. The summed E-state index contributed by atoms with van der Waals surface area (Å²) in [4.78, 5) is 40.2. The Morgan fingerprint density at radius 2 is 2.00 bits per heavy atom. The fraction of sp³-hybridized carbons (Fsp3) is 0.409. The molecule has 3 amide bonds. The molecule has 3 rings (SSSR count). The van der Waals surface area contributed by atoms with Crippen LogP contribution in [-0.4, -0.2) is 70.3 Å². The van der Waals surface area contributed by atoms with Crippen molar-refractivity contribution in [3.63, 3.8) is 0 Å². The first-order valence-corrected chi connectivity index (χ1v) is 10.5. The highest BCUT2D eigenvalue weighted by atomic mass is 16.3. The van der Waals surface area contributed by atoms with Crippen LogP contribution in [0.3, 0.4) is 0 Å². The highest BCUT2D eigenvalue weighted by Crippen LogP contribution is 2.22. The number of hydrogen-bond donors (Lipinski definition) is 7. The summed E-state index contributed by atoms with van der Waals surface area (Å²) in [5.74, 6) is -1.62. The SMILES string of the molecule is C[NH2+][C@@H](C)C(=O)N[C@@H]1C=C(C(=O)N[C@H](Cc2c[nH]c3ccccc23)C(N)=O)C[C@@H](O)[C@@H]1O. The molecule has 0 fully saturated rings. The van der Waals surface area contributed by atoms with Crippen molar-refractivity contribution in [3.05, 3.63) is 47.7 Å². The molecule has 10 nitrogen and oxygen atoms in total. The first kappa shape index (κ1) is 23.5. The molecule has 5 atom stereocenters. The van der Waals surface area contributed by atoms with Gasteiger partial charge in [0, 0.05) is 35.5 Å². The van der Waals surface area contributed by atoms with Gasteiger partial charge in [0.05, 0.1) is 19.2 Å². The largest absolute Gasteiger partial charge is 0.390 e. The number of carbonyl (C=O) groups excluding carboxylic acids is 3. The van der Waals surface area contributed by atoms with Crippen LogP contribution in [0.1, 0.15) is 18.9 Å². The van der Waals surface area contributed by atoms with Gasteiger partial charge in [-0.1, -0.05) is 24.3 Å². The van der Waals surface area contributed by atoms with E-state index >= 15 is 0 Å². The van der Waals surface area contributed by atoms with E-state index in [0.717, 1.165) is 16.5 Å². The Kier molecular flexibility index (Phi) is 7.29. The van der Waals surface area contributed by atoms with Crippen LogP contribution in [0.25, 0.3) is 10.9 Å². The topological polar surface area (TPSA) is 174 Å². The standard InChI is InChI=1S/C22H29N5O5/c1-11(24-2)21(31)26-16-7-12(9-18(28)19(16)29)22(32)27-17(20(23)30)8-13-10-25-15-6-4-3-5-14(13)15/h3-7,10-11,16-19,24-25,28-29H,8-9H2,1-2H3,(H2,23,30)(H,26,31)(H,27,32)/p+1/t11-,16+,17+,18+,19+/m0/s1. The van der Waals surface area contributed by atoms with Crippen LogP contribution in [0.15, 0.2) is 42.1 Å². The molecule has 1 aromatic heterocycles. The zero-order valence-corrected chi connectivity index (χ0v) is 18.0. The van der Waals surface area contributed by atoms with Crippen LogP contribution in [-0.2, 0) is 20.8 Å². The van der Waals surface area contributed by atoms with Crippen molar-refractivity contribution in [2.24, 2.45) is 5.73 Å². The highest BCUT2D eigenvalue weighted by molar-refractivity contribution is 5.97. The second-order valence-corrected chi connectivity index (χ2v) is 8.10. The van der Waals surface area contributed by atoms with Crippen molar-refractivity contribution in [1.29, 1.82) is 0 Å². The Morgan fingerprint density at radius 3 is 2.69 bits per heavy atom. The van der Waals surface area contributed by atoms with Crippen LogP contribution in [0.4, 0.5) is 0 Å². The molecule has 0 radical (unpaired) electrons. The van der Waals surface area contributed by atoms with Gasteiger partial charge in [0.1, 0.15) is 12.1 Å². The number of amides is 3. The van der Waals surface area contributed by atoms with Gasteiger partial charge in [-0.05, 0) is 18.6 Å². The normalized spacial score (nSPS) is 22.6. The number of hydrogen-bond acceptors (Lipinski definition) is 5. The molecule has 0 spiro atoms. The van der Waals surface area contributed by atoms with Gasteiger partial charge < -0.3 is 36.9 Å². The second-order valence-electron chi connectivity index (χ2n) is 8.10. The van der Waals surface area contributed by atoms with Crippen LogP contribution in [0, 0.1) is 0 Å². The number of nitrogens with one attached hydrogen (secondary N) is 3. The third kappa shape index (κ3) is 5.16. The van der Waals surface area contributed by atoms with Crippen molar-refractivity contribution < 1.29 is 29.9 Å². The number of nitrogens with two attached hydrogens (primary N) is 2. The van der Waals surface area contributed by atoms with Gasteiger partial charge in [-0.2, -0.15) is 0 Å². The first-order valence-electron chi connectivity index (χ1n) is 10.5. The molecule has 32 heavy (non-hydrogen) atoms. The number of likely N-dealkylation sites (N-methyl/N-ethyl adjacent to an activating group) is 1. The number of carbonyl (C=O) groups is 3. The van der Waals surface area contributed by atoms with Crippen molar-refractivity contribution in [3.8, 4) is 0 Å². The number of aliphatic hydroxyl groups is 2. The van der Waals surface area contributed by atoms with E-state index in [1.165, 1.54) is 6.08 Å². The van der Waals surface area contributed by atoms with Gasteiger partial charge in [-0.25, -0.2) is 0 Å². The summed E-state index contributed by atoms with van der Waals surface area (Å²) < 4.78 is 0. The van der Waals surface area contributed by atoms with E-state index in [-0.39, 0.29) is 24.3 Å². The molecule has 0 saturated carbocycles. The summed E-state index contributed by atoms with van der Waals surface area (Å²) in [7, 11) is 1.74. The number of aromatic amines is 1. The molecule has 0 bridgehead atoms. The zero-order valence-electron chi connectivity index (χ0n) is 18.0. The quantitative estimate of drug-likeness (QED) is 0.244. The van der Waals surface area contributed by atoms with E-state index in [4.69, 9.17) is 5.73 Å². The predicted molar refractivity (Wildman–Crippen MR) is 117 cm³/mol. The second kappa shape index (κ2) is 9.94. The number of rotatable bonds is 8. The zero-order chi connectivity index (χ0) is 23.4. The number of primary amides is 1. The van der Waals surface area contributed by atoms with Gasteiger partial charge in [0.15, 0.2) is 6.04 Å². The average Bonchev–Trinajstić information content (AvgIpc) is 3.18. The summed E-state index contributed by atoms with van der Waals surface area (Å²) in [6.07, 6.45) is 0.757. The van der Waals surface area contributed by atoms with E-state index in [1.54, 1.807) is 25.5 Å². The van der Waals surface area contributed by atoms with Crippen molar-refractivity contribution in [1.82, 2.24) is 15.6 Å². The lowest BCUT2D eigenvalue weighted by atomic mass is 9.89. The summed E-state index contributed by atoms with van der Waals surface area (Å²) >= 11 is 0. The van der Waals surface area contributed by atoms with E-state index in [9.17, 15) is 24.6 Å². The van der Waals surface area contributed by atoms with E-state index < -0.39 is 42.1 Å². The van der Waals surface area contributed by atoms with Crippen LogP contribution < -0.4 is 21.7 Å². The average molecular weight is 445 g/mol. The number of para-hydroxylation sites is 1. The predicted octanol–water partition coefficient (Wildman–Crippen LogP) is -2.20. The molecule has 172 valence electrons. The van der Waals surface area contributed by atoms with Gasteiger partial charge in [-0.3, -0.25) is 14.4 Å². The van der Waals surface area contributed by atoms with Crippen molar-refractivity contribution in [2.75, 3.05) is 7.05 Å². The minimum atomic E-state index is -1.25. The number of aromatic nitrogens is 1. The number of quaternary nitrogens is 1. The molecule has 1 aliphatic rings. The minimum Gasteiger partial charge on any atom is -0.390 e. The smallest absolute Gasteiger partial charge is 0.278 e. The van der Waals surface area contributed by atoms with Gasteiger partial charge >= 0.3 is 0 Å². The Hall–Kier alpha value is -3.21. The first-order chi connectivity index (χ1) is 15.2. The third-order valence-electron chi connectivity index (χ3n) is 5.83. The van der Waals surface area contributed by atoms with Crippen LogP contribution >= 0.6 is 0 Å². The fourth-order valence-corrected chi connectivity index (χ4v) is 3.71. The summed E-state index contributed by atoms with van der Waals surface area (Å²) in [6.45, 7) is 1.69. The Bertz CT molecular complexity index is 1030. The lowest BCUT2D eigenvalue weighted by Crippen LogP contribution is -2.88. The van der Waals surface area contributed by atoms with E-state index in [2.05, 4.69) is 15.6 Å². The molecule has 9 N–H and O–H groups in total. The third-order valence-corrected chi connectivity index (χ3v) is 5.83. The Balaban J connectivity index is 1.75.